The van der Waals surface area contributed by atoms with Gasteiger partial charge in [-0.2, -0.15) is 0 Å². The molecule has 0 N–H and O–H groups in total. The molecule has 0 saturated heterocycles. The minimum atomic E-state index is 0.0461. The molecule has 0 radical (unpaired) electrons. The predicted octanol–water partition coefficient (Wildman–Crippen LogP) is 1.74. The smallest absolute Gasteiger partial charge is 0.146 e. The second-order valence-electron chi connectivity index (χ2n) is 4.90. The van der Waals surface area contributed by atoms with E-state index < -0.39 is 0 Å². The molecule has 1 atom stereocenters. The molecule has 0 aliphatic heterocycles. The molecule has 0 heterocycles. The van der Waals surface area contributed by atoms with Crippen LogP contribution in [0.2, 0.25) is 0 Å². The van der Waals surface area contributed by atoms with Crippen molar-refractivity contribution in [2.24, 2.45) is 11.3 Å². The van der Waals surface area contributed by atoms with Gasteiger partial charge in [0.25, 0.3) is 0 Å². The van der Waals surface area contributed by atoms with Crippen molar-refractivity contribution in [2.75, 3.05) is 0 Å². The average Bonchev–Trinajstić information content (AvgIpc) is 1.84. The van der Waals surface area contributed by atoms with Crippen molar-refractivity contribution >= 4 is 10.5 Å². The molecule has 0 amide bonds. The van der Waals surface area contributed by atoms with E-state index in [9.17, 15) is 0 Å². The molecule has 0 spiro atoms. The minimum absolute atomic E-state index is 0.0461. The molecule has 0 aromatic carbocycles. The van der Waals surface area contributed by atoms with E-state index in [0.29, 0.717) is 11.3 Å². The fourth-order valence-electron chi connectivity index (χ4n) is 1.22. The Kier molecular flexibility index (Phi) is 3.33. The molecule has 1 nitrogen and oxygen atoms in total. The van der Waals surface area contributed by atoms with Gasteiger partial charge in [-0.1, -0.05) is 27.7 Å². The normalized spacial score (nSPS) is 16.9. The van der Waals surface area contributed by atoms with Gasteiger partial charge in [0, 0.05) is 0 Å². The van der Waals surface area contributed by atoms with Crippen LogP contribution in [-0.2, 0) is 4.43 Å². The Morgan fingerprint density at radius 3 is 1.55 bits per heavy atom. The van der Waals surface area contributed by atoms with Crippen molar-refractivity contribution in [1.82, 2.24) is 0 Å². The van der Waals surface area contributed by atoms with Crippen molar-refractivity contribution in [1.29, 1.82) is 0 Å². The zero-order valence-electron chi connectivity index (χ0n) is 8.99. The van der Waals surface area contributed by atoms with Crippen molar-refractivity contribution in [3.8, 4) is 0 Å². The maximum Gasteiger partial charge on any atom is 0.146 e. The van der Waals surface area contributed by atoms with E-state index in [1.165, 1.54) is 0 Å². The average molecular weight is 174 g/mol. The lowest BCUT2D eigenvalue weighted by Crippen LogP contribution is -2.39. The van der Waals surface area contributed by atoms with Crippen LogP contribution in [0.1, 0.15) is 41.5 Å². The third-order valence-corrected chi connectivity index (χ3v) is 3.92. The number of rotatable bonds is 2. The third-order valence-electron chi connectivity index (χ3n) is 2.87. The van der Waals surface area contributed by atoms with Crippen LogP contribution < -0.4 is 0 Å². The molecule has 68 valence electrons. The van der Waals surface area contributed by atoms with Gasteiger partial charge in [0.05, 0.1) is 5.60 Å². The van der Waals surface area contributed by atoms with Crippen LogP contribution in [-0.4, -0.2) is 16.1 Å². The lowest BCUT2D eigenvalue weighted by molar-refractivity contribution is 0.00586. The second kappa shape index (κ2) is 3.28. The van der Waals surface area contributed by atoms with Crippen LogP contribution in [0.15, 0.2) is 0 Å². The van der Waals surface area contributed by atoms with Gasteiger partial charge in [0.15, 0.2) is 0 Å². The number of hydrogen-bond acceptors (Lipinski definition) is 1. The summed E-state index contributed by atoms with van der Waals surface area (Å²) in [6.45, 7) is 13.4. The lowest BCUT2D eigenvalue weighted by atomic mass is 9.73. The zero-order valence-corrected chi connectivity index (χ0v) is 11.0. The molecule has 11 heavy (non-hydrogen) atoms. The first-order valence-corrected chi connectivity index (χ1v) is 5.08. The summed E-state index contributed by atoms with van der Waals surface area (Å²) in [4.78, 5) is 0. The van der Waals surface area contributed by atoms with E-state index in [1.807, 2.05) is 0 Å². The Bertz CT molecular complexity index is 124. The lowest BCUT2D eigenvalue weighted by Gasteiger charge is -2.40. The second-order valence-corrected chi connectivity index (χ2v) is 5.30. The van der Waals surface area contributed by atoms with Gasteiger partial charge >= 0.3 is 0 Å². The maximum atomic E-state index is 5.56. The molecule has 0 aromatic rings. The molecule has 0 fully saturated rings. The first kappa shape index (κ1) is 11.2. The predicted molar refractivity (Wildman–Crippen MR) is 53.7 cm³/mol. The van der Waals surface area contributed by atoms with Crippen LogP contribution in [0.3, 0.4) is 0 Å². The summed E-state index contributed by atoms with van der Waals surface area (Å²) in [5, 5.41) is 0. The molecular weight excluding hydrogens is 152 g/mol. The number of hydrogen-bond donors (Lipinski definition) is 0. The summed E-state index contributed by atoms with van der Waals surface area (Å²) in [6.07, 6.45) is 0. The van der Waals surface area contributed by atoms with Gasteiger partial charge in [-0.15, -0.1) is 0 Å². The Balaban J connectivity index is 4.35. The summed E-state index contributed by atoms with van der Waals surface area (Å²) in [7, 11) is 0.829. The van der Waals surface area contributed by atoms with Crippen molar-refractivity contribution in [2.45, 2.75) is 47.1 Å². The molecule has 0 aliphatic carbocycles. The Labute approximate surface area is 74.1 Å². The van der Waals surface area contributed by atoms with Crippen molar-refractivity contribution in [3.05, 3.63) is 0 Å². The van der Waals surface area contributed by atoms with Crippen LogP contribution in [0.5, 0.6) is 0 Å². The highest BCUT2D eigenvalue weighted by atomic mass is 28.2. The van der Waals surface area contributed by atoms with E-state index >= 15 is 0 Å². The summed E-state index contributed by atoms with van der Waals surface area (Å²) < 4.78 is 5.56. The van der Waals surface area contributed by atoms with E-state index in [-0.39, 0.29) is 5.60 Å². The third kappa shape index (κ3) is 2.95. The summed E-state index contributed by atoms with van der Waals surface area (Å²) in [6, 6.07) is 0. The zero-order chi connectivity index (χ0) is 9.28. The molecule has 0 bridgehead atoms. The van der Waals surface area contributed by atoms with Crippen LogP contribution in [0.4, 0.5) is 0 Å². The molecule has 1 unspecified atom stereocenters. The Morgan fingerprint density at radius 1 is 1.09 bits per heavy atom. The van der Waals surface area contributed by atoms with Crippen molar-refractivity contribution < 1.29 is 4.43 Å². The summed E-state index contributed by atoms with van der Waals surface area (Å²) in [5.74, 6) is 0.590. The minimum Gasteiger partial charge on any atom is -0.423 e. The monoisotopic (exact) mass is 174 g/mol. The molecule has 0 rings (SSSR count). The van der Waals surface area contributed by atoms with Crippen LogP contribution in [0.25, 0.3) is 0 Å². The van der Waals surface area contributed by atoms with Gasteiger partial charge < -0.3 is 4.43 Å². The SMILES string of the molecule is CC(C(C)(C)C)C(C)(C)O[SiH3]. The van der Waals surface area contributed by atoms with Crippen LogP contribution in [0, 0.1) is 11.3 Å². The standard InChI is InChI=1S/C9H22OSi/c1-7(8(2,3)4)9(5,6)10-11/h7H,1-6,11H3. The van der Waals surface area contributed by atoms with E-state index in [2.05, 4.69) is 41.5 Å². The molecule has 0 aliphatic rings. The fraction of sp³-hybridized carbons (Fsp3) is 1.00. The van der Waals surface area contributed by atoms with E-state index in [4.69, 9.17) is 4.43 Å². The largest absolute Gasteiger partial charge is 0.423 e. The van der Waals surface area contributed by atoms with Gasteiger partial charge in [-0.05, 0) is 25.2 Å². The Hall–Kier alpha value is 0.177. The quantitative estimate of drug-likeness (QED) is 0.580. The Morgan fingerprint density at radius 2 is 1.45 bits per heavy atom. The first-order chi connectivity index (χ1) is 4.72. The maximum absolute atomic E-state index is 5.56. The van der Waals surface area contributed by atoms with Gasteiger partial charge in [0.1, 0.15) is 10.5 Å². The highest BCUT2D eigenvalue weighted by molar-refractivity contribution is 5.98. The van der Waals surface area contributed by atoms with E-state index in [1.54, 1.807) is 0 Å². The van der Waals surface area contributed by atoms with Crippen molar-refractivity contribution in [3.63, 3.8) is 0 Å². The van der Waals surface area contributed by atoms with Gasteiger partial charge in [-0.3, -0.25) is 0 Å². The first-order valence-electron chi connectivity index (χ1n) is 4.27. The van der Waals surface area contributed by atoms with E-state index in [0.717, 1.165) is 10.5 Å². The molecule has 0 saturated carbocycles. The fourth-order valence-corrected chi connectivity index (χ4v) is 1.57. The summed E-state index contributed by atoms with van der Waals surface area (Å²) >= 11 is 0. The van der Waals surface area contributed by atoms with Gasteiger partial charge in [-0.25, -0.2) is 0 Å². The molecular formula is C9H22OSi. The molecule has 2 heteroatoms. The van der Waals surface area contributed by atoms with Gasteiger partial charge in [0.2, 0.25) is 0 Å². The summed E-state index contributed by atoms with van der Waals surface area (Å²) in [5.41, 5.74) is 0.387. The highest BCUT2D eigenvalue weighted by Crippen LogP contribution is 2.35. The molecule has 0 aromatic heterocycles. The van der Waals surface area contributed by atoms with Crippen LogP contribution >= 0.6 is 0 Å². The topological polar surface area (TPSA) is 9.23 Å². The highest BCUT2D eigenvalue weighted by Gasteiger charge is 2.33.